The number of nitrogens with zero attached hydrogens (tertiary/aromatic N) is 2. The molecule has 28 heavy (non-hydrogen) atoms. The average molecular weight is 423 g/mol. The molecule has 0 spiro atoms. The standard InChI is InChI=1S/C15H29N5O7S/c1-3-5-13(20(4-2)15(22)18-27-28(23,24)25)14(21)17-26-12-8-11-9-16-6-7-19(11)10-12/h11-13,16H,3-10H2,1-2H3,(H,17,21)(H,18,22)(H,23,24,25)/t11?,12?,13-/m0/s1. The predicted molar refractivity (Wildman–Crippen MR) is 98.1 cm³/mol. The number of nitrogens with one attached hydrogen (secondary N) is 3. The van der Waals surface area contributed by atoms with Gasteiger partial charge in [-0.3, -0.25) is 19.1 Å². The van der Waals surface area contributed by atoms with Crippen molar-refractivity contribution in [1.82, 2.24) is 26.1 Å². The van der Waals surface area contributed by atoms with Gasteiger partial charge in [-0.1, -0.05) is 13.3 Å². The Morgan fingerprint density at radius 3 is 2.71 bits per heavy atom. The summed E-state index contributed by atoms with van der Waals surface area (Å²) in [5.74, 6) is -0.506. The van der Waals surface area contributed by atoms with Crippen LogP contribution in [0.25, 0.3) is 0 Å². The highest BCUT2D eigenvalue weighted by atomic mass is 32.3. The number of hydrogen-bond donors (Lipinski definition) is 4. The smallest absolute Gasteiger partial charge is 0.314 e. The molecule has 2 unspecified atom stereocenters. The van der Waals surface area contributed by atoms with E-state index in [1.54, 1.807) is 12.4 Å². The molecule has 2 heterocycles. The van der Waals surface area contributed by atoms with E-state index in [-0.39, 0.29) is 12.6 Å². The van der Waals surface area contributed by atoms with Gasteiger partial charge in [0, 0.05) is 38.8 Å². The van der Waals surface area contributed by atoms with Crippen LogP contribution in [0.1, 0.15) is 33.1 Å². The first-order chi connectivity index (χ1) is 13.2. The Morgan fingerprint density at radius 2 is 2.11 bits per heavy atom. The second-order valence-corrected chi connectivity index (χ2v) is 7.83. The van der Waals surface area contributed by atoms with Crippen LogP contribution in [0.3, 0.4) is 0 Å². The molecule has 0 aliphatic carbocycles. The molecule has 13 heteroatoms. The van der Waals surface area contributed by atoms with Gasteiger partial charge in [0.05, 0.1) is 6.10 Å². The van der Waals surface area contributed by atoms with E-state index in [9.17, 15) is 18.0 Å². The Kier molecular flexibility index (Phi) is 8.39. The molecule has 2 fully saturated rings. The quantitative estimate of drug-likeness (QED) is 0.271. The van der Waals surface area contributed by atoms with E-state index >= 15 is 0 Å². The van der Waals surface area contributed by atoms with Crippen molar-refractivity contribution in [2.45, 2.75) is 51.3 Å². The Hall–Kier alpha value is -1.51. The van der Waals surface area contributed by atoms with Crippen LogP contribution in [0.5, 0.6) is 0 Å². The lowest BCUT2D eigenvalue weighted by molar-refractivity contribution is -0.143. The normalized spacial score (nSPS) is 23.7. The number of urea groups is 1. The lowest BCUT2D eigenvalue weighted by Crippen LogP contribution is -2.53. The van der Waals surface area contributed by atoms with Crippen LogP contribution in [0, 0.1) is 0 Å². The van der Waals surface area contributed by atoms with Gasteiger partial charge < -0.3 is 10.2 Å². The molecule has 0 aromatic rings. The molecule has 0 radical (unpaired) electrons. The number of amides is 3. The molecule has 0 aromatic carbocycles. The molecule has 3 amide bonds. The van der Waals surface area contributed by atoms with Crippen LogP contribution in [0.2, 0.25) is 0 Å². The summed E-state index contributed by atoms with van der Waals surface area (Å²) in [5, 5.41) is 3.33. The molecule has 2 saturated heterocycles. The largest absolute Gasteiger partial charge is 0.418 e. The number of rotatable bonds is 9. The summed E-state index contributed by atoms with van der Waals surface area (Å²) in [7, 11) is -4.84. The highest BCUT2D eigenvalue weighted by molar-refractivity contribution is 7.80. The van der Waals surface area contributed by atoms with Crippen molar-refractivity contribution in [2.75, 3.05) is 32.7 Å². The molecule has 0 aromatic heterocycles. The van der Waals surface area contributed by atoms with Crippen molar-refractivity contribution in [2.24, 2.45) is 0 Å². The topological polar surface area (TPSA) is 150 Å². The van der Waals surface area contributed by atoms with Gasteiger partial charge in [0.2, 0.25) is 0 Å². The molecule has 2 aliphatic heterocycles. The lowest BCUT2D eigenvalue weighted by Gasteiger charge is -2.29. The Bertz CT molecular complexity index is 633. The van der Waals surface area contributed by atoms with Crippen LogP contribution >= 0.6 is 0 Å². The first-order valence-corrected chi connectivity index (χ1v) is 10.7. The fraction of sp³-hybridized carbons (Fsp3) is 0.867. The molecule has 3 atom stereocenters. The van der Waals surface area contributed by atoms with Crippen molar-refractivity contribution in [3.8, 4) is 0 Å². The maximum atomic E-state index is 12.6. The predicted octanol–water partition coefficient (Wildman–Crippen LogP) is -0.985. The van der Waals surface area contributed by atoms with Crippen molar-refractivity contribution >= 4 is 22.3 Å². The number of fused-ring (bicyclic) bond motifs is 1. The fourth-order valence-electron chi connectivity index (χ4n) is 3.56. The molecule has 2 aliphatic rings. The molecule has 0 bridgehead atoms. The van der Waals surface area contributed by atoms with Gasteiger partial charge in [-0.25, -0.2) is 10.3 Å². The average Bonchev–Trinajstić information content (AvgIpc) is 3.06. The zero-order chi connectivity index (χ0) is 20.7. The molecule has 4 N–H and O–H groups in total. The van der Waals surface area contributed by atoms with E-state index in [1.165, 1.54) is 0 Å². The van der Waals surface area contributed by atoms with Gasteiger partial charge >= 0.3 is 16.4 Å². The van der Waals surface area contributed by atoms with Crippen molar-refractivity contribution < 1.29 is 31.7 Å². The van der Waals surface area contributed by atoms with Crippen molar-refractivity contribution in [3.05, 3.63) is 0 Å². The van der Waals surface area contributed by atoms with Crippen LogP contribution in [-0.4, -0.2) is 85.6 Å². The minimum Gasteiger partial charge on any atom is -0.314 e. The Labute approximate surface area is 164 Å². The van der Waals surface area contributed by atoms with Crippen LogP contribution < -0.4 is 16.3 Å². The first kappa shape index (κ1) is 22.8. The molecule has 12 nitrogen and oxygen atoms in total. The van der Waals surface area contributed by atoms with Crippen LogP contribution in [-0.2, 0) is 24.3 Å². The van der Waals surface area contributed by atoms with E-state index in [2.05, 4.69) is 20.0 Å². The van der Waals surface area contributed by atoms with Gasteiger partial charge in [0.25, 0.3) is 5.91 Å². The molecule has 2 rings (SSSR count). The number of piperazine rings is 1. The number of carbonyl (C=O) groups is 2. The van der Waals surface area contributed by atoms with E-state index in [0.717, 1.165) is 37.5 Å². The van der Waals surface area contributed by atoms with E-state index in [4.69, 9.17) is 9.39 Å². The van der Waals surface area contributed by atoms with Gasteiger partial charge in [0.15, 0.2) is 0 Å². The first-order valence-electron chi connectivity index (χ1n) is 9.37. The van der Waals surface area contributed by atoms with Crippen LogP contribution in [0.4, 0.5) is 4.79 Å². The van der Waals surface area contributed by atoms with E-state index in [1.807, 2.05) is 6.92 Å². The van der Waals surface area contributed by atoms with E-state index in [0.29, 0.717) is 18.9 Å². The third kappa shape index (κ3) is 6.53. The minimum atomic E-state index is -4.84. The summed E-state index contributed by atoms with van der Waals surface area (Å²) in [6.07, 6.45) is 1.60. The minimum absolute atomic E-state index is 0.115. The Balaban J connectivity index is 1.91. The van der Waals surface area contributed by atoms with E-state index < -0.39 is 28.4 Å². The zero-order valence-corrected chi connectivity index (χ0v) is 16.9. The van der Waals surface area contributed by atoms with Gasteiger partial charge in [0.1, 0.15) is 6.04 Å². The second-order valence-electron chi connectivity index (χ2n) is 6.80. The highest BCUT2D eigenvalue weighted by Gasteiger charge is 2.35. The van der Waals surface area contributed by atoms with Crippen molar-refractivity contribution in [3.63, 3.8) is 0 Å². The third-order valence-electron chi connectivity index (χ3n) is 4.85. The number of hydroxylamine groups is 2. The van der Waals surface area contributed by atoms with Gasteiger partial charge in [-0.15, -0.1) is 4.28 Å². The monoisotopic (exact) mass is 423 g/mol. The summed E-state index contributed by atoms with van der Waals surface area (Å²) in [6, 6.07) is -1.46. The number of hydrogen-bond acceptors (Lipinski definition) is 8. The third-order valence-corrected chi connectivity index (χ3v) is 5.14. The molecule has 162 valence electrons. The van der Waals surface area contributed by atoms with Gasteiger partial charge in [-0.05, 0) is 19.8 Å². The number of likely N-dealkylation sites (N-methyl/N-ethyl adjacent to an activating group) is 1. The molecular formula is C15H29N5O7S. The second kappa shape index (κ2) is 10.3. The summed E-state index contributed by atoms with van der Waals surface area (Å²) < 4.78 is 33.7. The summed E-state index contributed by atoms with van der Waals surface area (Å²) >= 11 is 0. The fourth-order valence-corrected chi connectivity index (χ4v) is 3.74. The van der Waals surface area contributed by atoms with Crippen molar-refractivity contribution in [1.29, 1.82) is 0 Å². The molecular weight excluding hydrogens is 394 g/mol. The summed E-state index contributed by atoms with van der Waals surface area (Å²) in [6.45, 7) is 7.09. The summed E-state index contributed by atoms with van der Waals surface area (Å²) in [4.78, 5) is 33.8. The molecule has 0 saturated carbocycles. The van der Waals surface area contributed by atoms with Gasteiger partial charge in [-0.2, -0.15) is 13.9 Å². The highest BCUT2D eigenvalue weighted by Crippen LogP contribution is 2.20. The number of carbonyl (C=O) groups excluding carboxylic acids is 2. The Morgan fingerprint density at radius 1 is 1.36 bits per heavy atom. The maximum Gasteiger partial charge on any atom is 0.418 e. The SMILES string of the molecule is CCC[C@@H](C(=O)NOC1CC2CNCCN2C1)N(CC)C(=O)NOS(=O)(=O)O. The van der Waals surface area contributed by atoms with Crippen LogP contribution in [0.15, 0.2) is 0 Å². The maximum absolute atomic E-state index is 12.6. The summed E-state index contributed by atoms with van der Waals surface area (Å²) in [5.41, 5.74) is 4.06. The lowest BCUT2D eigenvalue weighted by atomic mass is 10.1. The zero-order valence-electron chi connectivity index (χ0n) is 16.1.